The summed E-state index contributed by atoms with van der Waals surface area (Å²) in [7, 11) is -3.49. The van der Waals surface area contributed by atoms with E-state index in [1.54, 1.807) is 30.3 Å². The van der Waals surface area contributed by atoms with Crippen LogP contribution in [0.5, 0.6) is 0 Å². The third kappa shape index (κ3) is 23.4. The standard InChI is InChI=1S/C48H73N11O10S/c1-70(68,69)27-23-36(51)43(62)55-38(21-22-42(60)61)46(65)59-41(30-35-31-52-32-54-35)48(67)58-40(29-34-18-10-7-11-19-34)47(66)56-37(20-12-14-25-50)45(64)57-39(28-33-16-8-6-9-17-33)44(63)53-26-15-5-3-2-4-13-24-49/h6-11,16-19,31-32,36-41H,2-5,12-15,20-30,49-51H2,1H3,(H,52,54)(H,53,63)(H,55,62)(H,56,66)(H,57,64)(H,58,67)(H,59,65)(H,60,61)/t36-,37-,38+,39+,40+,41-/m1/s1. The topological polar surface area (TPSA) is 353 Å². The summed E-state index contributed by atoms with van der Waals surface area (Å²) in [4.78, 5) is 102. The van der Waals surface area contributed by atoms with Gasteiger partial charge in [-0.3, -0.25) is 33.6 Å². The van der Waals surface area contributed by atoms with Crippen LogP contribution in [-0.2, 0) is 62.7 Å². The number of rotatable bonds is 35. The maximum absolute atomic E-state index is 14.5. The zero-order valence-corrected chi connectivity index (χ0v) is 40.9. The average Bonchev–Trinajstić information content (AvgIpc) is 3.85. The summed E-state index contributed by atoms with van der Waals surface area (Å²) in [5.74, 6) is -6.19. The van der Waals surface area contributed by atoms with Crippen LogP contribution in [0.4, 0.5) is 0 Å². The molecule has 0 radical (unpaired) electrons. The highest BCUT2D eigenvalue weighted by Gasteiger charge is 2.34. The van der Waals surface area contributed by atoms with E-state index in [0.29, 0.717) is 43.7 Å². The van der Waals surface area contributed by atoms with Crippen LogP contribution in [-0.4, -0.2) is 133 Å². The minimum absolute atomic E-state index is 0.0605. The molecule has 0 fully saturated rings. The van der Waals surface area contributed by atoms with E-state index in [9.17, 15) is 47.1 Å². The quantitative estimate of drug-likeness (QED) is 0.0347. The van der Waals surface area contributed by atoms with Gasteiger partial charge in [-0.15, -0.1) is 0 Å². The maximum Gasteiger partial charge on any atom is 0.303 e. The number of sulfone groups is 1. The molecule has 0 aliphatic heterocycles. The Bertz CT molecular complexity index is 2180. The van der Waals surface area contributed by atoms with Crippen molar-refractivity contribution in [1.29, 1.82) is 0 Å². The van der Waals surface area contributed by atoms with Crippen LogP contribution < -0.4 is 49.1 Å². The summed E-state index contributed by atoms with van der Waals surface area (Å²) in [6, 6.07) is 10.1. The number of carbonyl (C=O) groups is 7. The van der Waals surface area contributed by atoms with Crippen LogP contribution in [0.1, 0.15) is 93.9 Å². The first-order chi connectivity index (χ1) is 33.5. The van der Waals surface area contributed by atoms with E-state index in [0.717, 1.165) is 50.3 Å². The zero-order chi connectivity index (χ0) is 51.3. The number of carboxylic acid groups (broad SMARTS) is 1. The van der Waals surface area contributed by atoms with Crippen molar-refractivity contribution in [2.75, 3.05) is 31.6 Å². The monoisotopic (exact) mass is 996 g/mol. The van der Waals surface area contributed by atoms with E-state index in [1.165, 1.54) is 12.5 Å². The van der Waals surface area contributed by atoms with Crippen molar-refractivity contribution in [3.8, 4) is 0 Å². The van der Waals surface area contributed by atoms with Crippen molar-refractivity contribution in [2.24, 2.45) is 17.2 Å². The number of H-pyrrole nitrogens is 1. The molecule has 0 bridgehead atoms. The molecule has 3 rings (SSSR count). The number of hydrogen-bond donors (Lipinski definition) is 11. The largest absolute Gasteiger partial charge is 0.481 e. The van der Waals surface area contributed by atoms with Crippen LogP contribution in [0.15, 0.2) is 73.2 Å². The number of carboxylic acids is 1. The fourth-order valence-electron chi connectivity index (χ4n) is 7.39. The van der Waals surface area contributed by atoms with E-state index >= 15 is 0 Å². The lowest BCUT2D eigenvalue weighted by Gasteiger charge is -2.27. The Hall–Kier alpha value is -6.23. The van der Waals surface area contributed by atoms with Gasteiger partial charge in [-0.05, 0) is 69.2 Å². The molecule has 0 saturated carbocycles. The zero-order valence-electron chi connectivity index (χ0n) is 40.0. The molecule has 1 heterocycles. The molecule has 0 saturated heterocycles. The van der Waals surface area contributed by atoms with Gasteiger partial charge in [0.2, 0.25) is 35.4 Å². The van der Waals surface area contributed by atoms with E-state index in [1.807, 2.05) is 30.3 Å². The Balaban J connectivity index is 1.89. The smallest absolute Gasteiger partial charge is 0.303 e. The molecule has 1 aromatic heterocycles. The number of imidazole rings is 1. The number of nitrogens with two attached hydrogens (primary N) is 3. The van der Waals surface area contributed by atoms with Crippen molar-refractivity contribution in [2.45, 2.75) is 133 Å². The Labute approximate surface area is 410 Å². The molecule has 0 unspecified atom stereocenters. The molecule has 21 nitrogen and oxygen atoms in total. The summed E-state index contributed by atoms with van der Waals surface area (Å²) in [6.45, 7) is 1.39. The summed E-state index contributed by atoms with van der Waals surface area (Å²) in [5, 5.41) is 25.8. The number of benzene rings is 2. The second-order valence-corrected chi connectivity index (χ2v) is 19.7. The first-order valence-corrected chi connectivity index (χ1v) is 26.0. The normalized spacial score (nSPS) is 13.9. The van der Waals surface area contributed by atoms with Gasteiger partial charge in [-0.25, -0.2) is 13.4 Å². The molecule has 14 N–H and O–H groups in total. The van der Waals surface area contributed by atoms with Crippen molar-refractivity contribution in [1.82, 2.24) is 41.9 Å². The molecule has 6 atom stereocenters. The predicted molar refractivity (Wildman–Crippen MR) is 264 cm³/mol. The number of aromatic amines is 1. The fourth-order valence-corrected chi connectivity index (χ4v) is 8.08. The molecule has 2 aromatic carbocycles. The van der Waals surface area contributed by atoms with E-state index < -0.39 is 100 Å². The van der Waals surface area contributed by atoms with Gasteiger partial charge >= 0.3 is 5.97 Å². The maximum atomic E-state index is 14.5. The highest BCUT2D eigenvalue weighted by molar-refractivity contribution is 7.90. The lowest BCUT2D eigenvalue weighted by molar-refractivity contribution is -0.138. The molecule has 6 amide bonds. The van der Waals surface area contributed by atoms with Gasteiger partial charge in [-0.1, -0.05) is 86.3 Å². The number of aromatic nitrogens is 2. The summed E-state index contributed by atoms with van der Waals surface area (Å²) in [5.41, 5.74) is 19.2. The van der Waals surface area contributed by atoms with Crippen molar-refractivity contribution in [3.63, 3.8) is 0 Å². The van der Waals surface area contributed by atoms with Crippen molar-refractivity contribution >= 4 is 51.2 Å². The minimum Gasteiger partial charge on any atom is -0.481 e. The molecule has 0 aliphatic carbocycles. The molecule has 0 spiro atoms. The average molecular weight is 996 g/mol. The van der Waals surface area contributed by atoms with Gasteiger partial charge in [0, 0.05) is 50.4 Å². The number of aliphatic carboxylic acids is 1. The molecular formula is C48H73N11O10S. The van der Waals surface area contributed by atoms with E-state index in [4.69, 9.17) is 17.2 Å². The summed E-state index contributed by atoms with van der Waals surface area (Å²) < 4.78 is 23.4. The van der Waals surface area contributed by atoms with Gasteiger partial charge in [0.05, 0.1) is 18.1 Å². The van der Waals surface area contributed by atoms with Crippen LogP contribution in [0.25, 0.3) is 0 Å². The van der Waals surface area contributed by atoms with Gasteiger partial charge in [0.1, 0.15) is 40.0 Å². The Kier molecular flexibility index (Phi) is 26.4. The van der Waals surface area contributed by atoms with Crippen molar-refractivity contribution < 1.29 is 47.1 Å². The van der Waals surface area contributed by atoms with Gasteiger partial charge < -0.3 is 59.2 Å². The van der Waals surface area contributed by atoms with Gasteiger partial charge in [0.25, 0.3) is 0 Å². The predicted octanol–water partition coefficient (Wildman–Crippen LogP) is 0.0329. The highest BCUT2D eigenvalue weighted by atomic mass is 32.2. The number of carbonyl (C=O) groups excluding carboxylic acids is 6. The molecule has 386 valence electrons. The second kappa shape index (κ2) is 31.8. The molecule has 70 heavy (non-hydrogen) atoms. The summed E-state index contributed by atoms with van der Waals surface area (Å²) in [6.07, 6.45) is 9.26. The minimum atomic E-state index is -3.49. The van der Waals surface area contributed by atoms with Crippen LogP contribution in [0.2, 0.25) is 0 Å². The van der Waals surface area contributed by atoms with Crippen molar-refractivity contribution in [3.05, 3.63) is 90.0 Å². The van der Waals surface area contributed by atoms with E-state index in [2.05, 4.69) is 41.9 Å². The third-order valence-electron chi connectivity index (χ3n) is 11.4. The molecule has 22 heteroatoms. The van der Waals surface area contributed by atoms with E-state index in [-0.39, 0.29) is 38.0 Å². The molecular weight excluding hydrogens is 923 g/mol. The lowest BCUT2D eigenvalue weighted by Crippen LogP contribution is -2.60. The molecule has 0 aliphatic rings. The van der Waals surface area contributed by atoms with Gasteiger partial charge in [-0.2, -0.15) is 0 Å². The Morgan fingerprint density at radius 2 is 1.04 bits per heavy atom. The number of unbranched alkanes of at least 4 members (excludes halogenated alkanes) is 6. The SMILES string of the molecule is CS(=O)(=O)CC[C@@H](N)C(=O)N[C@@H](CCC(=O)O)C(=O)N[C@H](Cc1cnc[nH]1)C(=O)N[C@@H](Cc1ccccc1)C(=O)N[C@H](CCCCN)C(=O)N[C@@H](Cc1ccccc1)C(=O)NCCCCCCCCN. The lowest BCUT2D eigenvalue weighted by atomic mass is 10.0. The van der Waals surface area contributed by atoms with Gasteiger partial charge in [0.15, 0.2) is 0 Å². The van der Waals surface area contributed by atoms with Crippen LogP contribution in [0.3, 0.4) is 0 Å². The number of nitrogens with one attached hydrogen (secondary N) is 7. The fraction of sp³-hybridized carbons (Fsp3) is 0.542. The van der Waals surface area contributed by atoms with Crippen LogP contribution in [0, 0.1) is 0 Å². The third-order valence-corrected chi connectivity index (χ3v) is 12.3. The Morgan fingerprint density at radius 3 is 1.56 bits per heavy atom. The molecule has 3 aromatic rings. The highest BCUT2D eigenvalue weighted by Crippen LogP contribution is 2.11. The second-order valence-electron chi connectivity index (χ2n) is 17.4. The Morgan fingerprint density at radius 1 is 0.586 bits per heavy atom. The number of nitrogens with zero attached hydrogens (tertiary/aromatic N) is 1. The van der Waals surface area contributed by atoms with Crippen LogP contribution >= 0.6 is 0 Å². The first kappa shape index (κ1) is 58.1. The number of hydrogen-bond acceptors (Lipinski definition) is 13. The first-order valence-electron chi connectivity index (χ1n) is 23.9. The summed E-state index contributed by atoms with van der Waals surface area (Å²) >= 11 is 0. The number of amides is 6.